The van der Waals surface area contributed by atoms with E-state index in [0.717, 1.165) is 0 Å². The summed E-state index contributed by atoms with van der Waals surface area (Å²) in [5.74, 6) is 0. The standard InChI is InChI=1S/C9H17N3O2/c1-3-14-8(6-10)7-12-5-4-11(2)9(12)13/h4-5,8H,3,6-7,10H2,1-2H3. The molecule has 0 radical (unpaired) electrons. The summed E-state index contributed by atoms with van der Waals surface area (Å²) in [6.07, 6.45) is 3.38. The smallest absolute Gasteiger partial charge is 0.327 e. The van der Waals surface area contributed by atoms with Gasteiger partial charge >= 0.3 is 5.69 Å². The van der Waals surface area contributed by atoms with Gasteiger partial charge in [0, 0.05) is 32.6 Å². The van der Waals surface area contributed by atoms with E-state index in [0.29, 0.717) is 19.7 Å². The zero-order chi connectivity index (χ0) is 10.6. The molecular formula is C9H17N3O2. The van der Waals surface area contributed by atoms with Gasteiger partial charge < -0.3 is 15.0 Å². The van der Waals surface area contributed by atoms with Crippen molar-refractivity contribution >= 4 is 0 Å². The molecule has 0 amide bonds. The summed E-state index contributed by atoms with van der Waals surface area (Å²) in [4.78, 5) is 11.5. The fraction of sp³-hybridized carbons (Fsp3) is 0.667. The highest BCUT2D eigenvalue weighted by molar-refractivity contribution is 4.81. The van der Waals surface area contributed by atoms with Crippen molar-refractivity contribution in [3.8, 4) is 0 Å². The van der Waals surface area contributed by atoms with Crippen LogP contribution in [0.1, 0.15) is 6.92 Å². The highest BCUT2D eigenvalue weighted by Crippen LogP contribution is 1.94. The summed E-state index contributed by atoms with van der Waals surface area (Å²) in [5, 5.41) is 0. The molecule has 1 atom stereocenters. The van der Waals surface area contributed by atoms with Crippen molar-refractivity contribution in [1.82, 2.24) is 9.13 Å². The summed E-state index contributed by atoms with van der Waals surface area (Å²) in [7, 11) is 1.72. The van der Waals surface area contributed by atoms with Crippen molar-refractivity contribution in [2.75, 3.05) is 13.2 Å². The van der Waals surface area contributed by atoms with Gasteiger partial charge in [-0.1, -0.05) is 0 Å². The van der Waals surface area contributed by atoms with Crippen LogP contribution in [0, 0.1) is 0 Å². The molecule has 1 aromatic heterocycles. The Bertz CT molecular complexity index is 329. The third kappa shape index (κ3) is 2.46. The van der Waals surface area contributed by atoms with Crippen molar-refractivity contribution in [2.45, 2.75) is 19.6 Å². The van der Waals surface area contributed by atoms with Crippen LogP contribution in [-0.4, -0.2) is 28.4 Å². The van der Waals surface area contributed by atoms with E-state index in [1.54, 1.807) is 24.0 Å². The molecule has 1 heterocycles. The maximum atomic E-state index is 11.5. The van der Waals surface area contributed by atoms with Crippen LogP contribution in [-0.2, 0) is 18.3 Å². The quantitative estimate of drug-likeness (QED) is 0.698. The summed E-state index contributed by atoms with van der Waals surface area (Å²) in [5.41, 5.74) is 5.48. The van der Waals surface area contributed by atoms with Crippen molar-refractivity contribution in [2.24, 2.45) is 12.8 Å². The van der Waals surface area contributed by atoms with Gasteiger partial charge in [0.15, 0.2) is 0 Å². The first-order valence-electron chi connectivity index (χ1n) is 4.72. The van der Waals surface area contributed by atoms with Crippen molar-refractivity contribution in [3.63, 3.8) is 0 Å². The topological polar surface area (TPSA) is 62.2 Å². The average Bonchev–Trinajstić information content (AvgIpc) is 2.49. The number of nitrogens with zero attached hydrogens (tertiary/aromatic N) is 2. The van der Waals surface area contributed by atoms with Gasteiger partial charge in [0.25, 0.3) is 0 Å². The molecule has 14 heavy (non-hydrogen) atoms. The Hall–Kier alpha value is -1.07. The van der Waals surface area contributed by atoms with Crippen molar-refractivity contribution in [3.05, 3.63) is 22.9 Å². The SMILES string of the molecule is CCOC(CN)Cn1ccn(C)c1=O. The van der Waals surface area contributed by atoms with Crippen LogP contribution < -0.4 is 11.4 Å². The monoisotopic (exact) mass is 199 g/mol. The largest absolute Gasteiger partial charge is 0.375 e. The molecule has 0 fully saturated rings. The van der Waals surface area contributed by atoms with Crippen LogP contribution in [0.5, 0.6) is 0 Å². The first-order chi connectivity index (χ1) is 6.69. The number of imidazole rings is 1. The second-order valence-corrected chi connectivity index (χ2v) is 3.16. The molecule has 1 aromatic rings. The van der Waals surface area contributed by atoms with Crippen LogP contribution in [0.25, 0.3) is 0 Å². The Morgan fingerprint density at radius 2 is 2.29 bits per heavy atom. The molecule has 0 saturated carbocycles. The van der Waals surface area contributed by atoms with Gasteiger partial charge in [-0.05, 0) is 6.92 Å². The Morgan fingerprint density at radius 1 is 1.57 bits per heavy atom. The molecule has 0 aliphatic rings. The number of hydrogen-bond acceptors (Lipinski definition) is 3. The van der Waals surface area contributed by atoms with Crippen LogP contribution in [0.15, 0.2) is 17.2 Å². The fourth-order valence-corrected chi connectivity index (χ4v) is 1.30. The number of aromatic nitrogens is 2. The third-order valence-electron chi connectivity index (χ3n) is 2.08. The van der Waals surface area contributed by atoms with Gasteiger partial charge in [0.05, 0.1) is 12.6 Å². The lowest BCUT2D eigenvalue weighted by molar-refractivity contribution is 0.0560. The lowest BCUT2D eigenvalue weighted by atomic mass is 10.3. The molecule has 0 aliphatic carbocycles. The van der Waals surface area contributed by atoms with E-state index in [2.05, 4.69) is 0 Å². The minimum Gasteiger partial charge on any atom is -0.375 e. The summed E-state index contributed by atoms with van der Waals surface area (Å²) >= 11 is 0. The molecular weight excluding hydrogens is 182 g/mol. The summed E-state index contributed by atoms with van der Waals surface area (Å²) in [6.45, 7) is 3.47. The average molecular weight is 199 g/mol. The van der Waals surface area contributed by atoms with E-state index in [-0.39, 0.29) is 11.8 Å². The number of nitrogens with two attached hydrogens (primary N) is 1. The zero-order valence-corrected chi connectivity index (χ0v) is 8.64. The molecule has 0 bridgehead atoms. The Labute approximate surface area is 83.1 Å². The highest BCUT2D eigenvalue weighted by Gasteiger charge is 2.08. The second-order valence-electron chi connectivity index (χ2n) is 3.16. The lowest BCUT2D eigenvalue weighted by Crippen LogP contribution is -2.33. The summed E-state index contributed by atoms with van der Waals surface area (Å²) < 4.78 is 8.50. The molecule has 5 nitrogen and oxygen atoms in total. The van der Waals surface area contributed by atoms with Crippen LogP contribution in [0.3, 0.4) is 0 Å². The van der Waals surface area contributed by atoms with Crippen molar-refractivity contribution < 1.29 is 4.74 Å². The molecule has 5 heteroatoms. The van der Waals surface area contributed by atoms with Gasteiger partial charge in [-0.15, -0.1) is 0 Å². The second kappa shape index (κ2) is 4.97. The first-order valence-corrected chi connectivity index (χ1v) is 4.72. The molecule has 0 aromatic carbocycles. The number of ether oxygens (including phenoxy) is 1. The van der Waals surface area contributed by atoms with Crippen LogP contribution in [0.2, 0.25) is 0 Å². The predicted molar refractivity (Wildman–Crippen MR) is 54.1 cm³/mol. The first kappa shape index (κ1) is 11.0. The molecule has 0 saturated heterocycles. The lowest BCUT2D eigenvalue weighted by Gasteiger charge is -2.14. The normalized spacial score (nSPS) is 13.1. The van der Waals surface area contributed by atoms with Crippen LogP contribution >= 0.6 is 0 Å². The minimum atomic E-state index is -0.0832. The zero-order valence-electron chi connectivity index (χ0n) is 8.64. The number of hydrogen-bond donors (Lipinski definition) is 1. The van der Waals surface area contributed by atoms with E-state index in [4.69, 9.17) is 10.5 Å². The van der Waals surface area contributed by atoms with Gasteiger partial charge in [-0.3, -0.25) is 4.57 Å². The van der Waals surface area contributed by atoms with E-state index in [1.807, 2.05) is 6.92 Å². The Balaban J connectivity index is 2.67. The number of rotatable bonds is 5. The minimum absolute atomic E-state index is 0.0387. The van der Waals surface area contributed by atoms with E-state index in [9.17, 15) is 4.79 Å². The number of aryl methyl sites for hydroxylation is 1. The van der Waals surface area contributed by atoms with Crippen molar-refractivity contribution in [1.29, 1.82) is 0 Å². The molecule has 2 N–H and O–H groups in total. The maximum Gasteiger partial charge on any atom is 0.327 e. The Morgan fingerprint density at radius 3 is 2.71 bits per heavy atom. The molecule has 0 aliphatic heterocycles. The van der Waals surface area contributed by atoms with Gasteiger partial charge in [0.2, 0.25) is 0 Å². The fourth-order valence-electron chi connectivity index (χ4n) is 1.30. The highest BCUT2D eigenvalue weighted by atomic mass is 16.5. The molecule has 1 unspecified atom stereocenters. The Kier molecular flexibility index (Phi) is 3.91. The van der Waals surface area contributed by atoms with E-state index < -0.39 is 0 Å². The van der Waals surface area contributed by atoms with Gasteiger partial charge in [0.1, 0.15) is 0 Å². The third-order valence-corrected chi connectivity index (χ3v) is 2.08. The van der Waals surface area contributed by atoms with Gasteiger partial charge in [-0.2, -0.15) is 0 Å². The molecule has 1 rings (SSSR count). The van der Waals surface area contributed by atoms with Gasteiger partial charge in [-0.25, -0.2) is 4.79 Å². The maximum absolute atomic E-state index is 11.5. The van der Waals surface area contributed by atoms with E-state index >= 15 is 0 Å². The van der Waals surface area contributed by atoms with E-state index in [1.165, 1.54) is 4.57 Å². The predicted octanol–water partition coefficient (Wildman–Crippen LogP) is -0.449. The summed E-state index contributed by atoms with van der Waals surface area (Å²) in [6, 6.07) is 0. The molecule has 0 spiro atoms. The van der Waals surface area contributed by atoms with Crippen LogP contribution in [0.4, 0.5) is 0 Å². The molecule has 80 valence electrons.